The van der Waals surface area contributed by atoms with E-state index in [0.29, 0.717) is 11.2 Å². The lowest BCUT2D eigenvalue weighted by atomic mass is 9.79. The predicted molar refractivity (Wildman–Crippen MR) is 87.4 cm³/mol. The molecule has 1 unspecified atom stereocenters. The molecule has 5 heteroatoms. The Morgan fingerprint density at radius 3 is 2.67 bits per heavy atom. The minimum absolute atomic E-state index is 0. The van der Waals surface area contributed by atoms with Gasteiger partial charge in [-0.15, -0.1) is 0 Å². The lowest BCUT2D eigenvalue weighted by Crippen LogP contribution is -2.14. The molecule has 1 aliphatic rings. The van der Waals surface area contributed by atoms with Gasteiger partial charge in [-0.1, -0.05) is 24.3 Å². The van der Waals surface area contributed by atoms with Crippen LogP contribution in [0.25, 0.3) is 0 Å². The Hall–Kier alpha value is -1.98. The number of hydrogen-bond acceptors (Lipinski definition) is 4. The third-order valence-electron chi connectivity index (χ3n) is 2.82. The summed E-state index contributed by atoms with van der Waals surface area (Å²) in [6, 6.07) is 7.45. The molecule has 0 amide bonds. The molecule has 1 aliphatic carbocycles. The number of benzene rings is 1. The molecule has 21 heavy (non-hydrogen) atoms. The molecule has 4 nitrogen and oxygen atoms in total. The van der Waals surface area contributed by atoms with E-state index < -0.39 is 7.12 Å². The molecule has 1 atom stereocenters. The van der Waals surface area contributed by atoms with Gasteiger partial charge in [-0.25, -0.2) is 0 Å². The second kappa shape index (κ2) is 7.15. The summed E-state index contributed by atoms with van der Waals surface area (Å²) in [6.45, 7) is 3.94. The van der Waals surface area contributed by atoms with Crippen molar-refractivity contribution >= 4 is 7.12 Å². The maximum atomic E-state index is 9.14. The zero-order chi connectivity index (χ0) is 15.2. The van der Waals surface area contributed by atoms with E-state index in [4.69, 9.17) is 19.5 Å². The summed E-state index contributed by atoms with van der Waals surface area (Å²) in [4.78, 5) is 0. The summed E-state index contributed by atoms with van der Waals surface area (Å²) >= 11 is 0. The van der Waals surface area contributed by atoms with Gasteiger partial charge < -0.3 is 19.5 Å². The highest BCUT2D eigenvalue weighted by atomic mass is 16.5. The molecular formula is C16H23BO4. The van der Waals surface area contributed by atoms with Crippen LogP contribution in [0.3, 0.4) is 0 Å². The van der Waals surface area contributed by atoms with Crippen molar-refractivity contribution < 1.29 is 22.4 Å². The first kappa shape index (κ1) is 15.4. The number of ether oxygens (including phenoxy) is 2. The summed E-state index contributed by atoms with van der Waals surface area (Å²) in [5.41, 5.74) is 0.425. The molecule has 0 saturated carbocycles. The van der Waals surface area contributed by atoms with Crippen molar-refractivity contribution in [3.05, 3.63) is 60.1 Å². The van der Waals surface area contributed by atoms with Gasteiger partial charge in [0, 0.05) is 8.92 Å². The first-order valence-electron chi connectivity index (χ1n) is 6.90. The molecule has 114 valence electrons. The van der Waals surface area contributed by atoms with Gasteiger partial charge in [-0.2, -0.15) is 0 Å². The summed E-state index contributed by atoms with van der Waals surface area (Å²) < 4.78 is 11.5. The number of allylic oxidation sites excluding steroid dienone is 4. The maximum absolute atomic E-state index is 9.14. The Kier molecular flexibility index (Phi) is 5.25. The van der Waals surface area contributed by atoms with Gasteiger partial charge in [0.25, 0.3) is 0 Å². The average Bonchev–Trinajstić information content (AvgIpc) is 2.64. The molecule has 0 saturated heterocycles. The lowest BCUT2D eigenvalue weighted by molar-refractivity contribution is 0.239. The zero-order valence-electron chi connectivity index (χ0n) is 12.1. The van der Waals surface area contributed by atoms with Crippen LogP contribution in [0.15, 0.2) is 60.1 Å². The molecule has 0 aliphatic heterocycles. The highest BCUT2D eigenvalue weighted by molar-refractivity contribution is 6.51. The topological polar surface area (TPSA) is 58.9 Å². The first-order chi connectivity index (χ1) is 10.0. The van der Waals surface area contributed by atoms with Crippen molar-refractivity contribution in [1.29, 1.82) is 0 Å². The van der Waals surface area contributed by atoms with Crippen molar-refractivity contribution in [2.24, 2.45) is 0 Å². The smallest absolute Gasteiger partial charge is 0.488 e. The fourth-order valence-electron chi connectivity index (χ4n) is 1.90. The molecule has 0 bridgehead atoms. The highest BCUT2D eigenvalue weighted by Gasteiger charge is 2.14. The normalized spacial score (nSPS) is 17.4. The Labute approximate surface area is 128 Å². The number of rotatable bonds is 5. The molecule has 2 N–H and O–H groups in total. The average molecular weight is 290 g/mol. The van der Waals surface area contributed by atoms with E-state index in [9.17, 15) is 0 Å². The van der Waals surface area contributed by atoms with Crippen LogP contribution in [0.5, 0.6) is 11.5 Å². The minimum atomic E-state index is -1.48. The van der Waals surface area contributed by atoms with E-state index >= 15 is 0 Å². The summed E-state index contributed by atoms with van der Waals surface area (Å²) in [7, 11) is -1.48. The second-order valence-electron chi connectivity index (χ2n) is 5.01. The van der Waals surface area contributed by atoms with Crippen LogP contribution in [0, 0.1) is 0 Å². The molecule has 1 aromatic carbocycles. The Morgan fingerprint density at radius 2 is 1.95 bits per heavy atom. The monoisotopic (exact) mass is 290 g/mol. The van der Waals surface area contributed by atoms with E-state index in [2.05, 4.69) is 0 Å². The van der Waals surface area contributed by atoms with Crippen molar-refractivity contribution in [1.82, 2.24) is 0 Å². The van der Waals surface area contributed by atoms with Crippen LogP contribution in [-0.4, -0.2) is 29.4 Å². The standard InChI is InChI=1S/C16H19BO4.2H2/c1-12(2)20-15-7-4-8-16(11-15)21-14-6-3-5-13(9-10-14)17(18)19;;/h3-12,14,18-19H,1-2H3;2*1H. The van der Waals surface area contributed by atoms with E-state index in [0.717, 1.165) is 5.75 Å². The fourth-order valence-corrected chi connectivity index (χ4v) is 1.90. The maximum Gasteiger partial charge on any atom is 0.488 e. The molecule has 2 rings (SSSR count). The van der Waals surface area contributed by atoms with Gasteiger partial charge in [0.15, 0.2) is 0 Å². The van der Waals surface area contributed by atoms with Gasteiger partial charge in [-0.3, -0.25) is 0 Å². The van der Waals surface area contributed by atoms with Gasteiger partial charge in [0.05, 0.1) is 6.10 Å². The zero-order valence-corrected chi connectivity index (χ0v) is 12.1. The highest BCUT2D eigenvalue weighted by Crippen LogP contribution is 2.22. The fraction of sp³-hybridized carbons (Fsp3) is 0.250. The van der Waals surface area contributed by atoms with E-state index in [1.165, 1.54) is 0 Å². The Balaban J connectivity index is 0.00000242. The Bertz CT molecular complexity index is 571. The third-order valence-corrected chi connectivity index (χ3v) is 2.82. The van der Waals surface area contributed by atoms with Crippen LogP contribution in [0.1, 0.15) is 16.7 Å². The van der Waals surface area contributed by atoms with E-state index in [1.807, 2.05) is 44.2 Å². The third kappa shape index (κ3) is 4.81. The molecule has 0 aromatic heterocycles. The number of hydrogen-bond donors (Lipinski definition) is 2. The van der Waals surface area contributed by atoms with Crippen LogP contribution >= 0.6 is 0 Å². The van der Waals surface area contributed by atoms with Crippen LogP contribution in [0.2, 0.25) is 0 Å². The van der Waals surface area contributed by atoms with Crippen LogP contribution in [0.4, 0.5) is 0 Å². The van der Waals surface area contributed by atoms with Crippen LogP contribution in [-0.2, 0) is 0 Å². The molecule has 1 aromatic rings. The largest absolute Gasteiger partial charge is 0.491 e. The van der Waals surface area contributed by atoms with Gasteiger partial charge in [-0.05, 0) is 43.6 Å². The van der Waals surface area contributed by atoms with Crippen molar-refractivity contribution in [2.45, 2.75) is 26.1 Å². The van der Waals surface area contributed by atoms with E-state index in [1.54, 1.807) is 24.3 Å². The predicted octanol–water partition coefficient (Wildman–Crippen LogP) is 2.78. The summed E-state index contributed by atoms with van der Waals surface area (Å²) in [6.07, 6.45) is 8.47. The summed E-state index contributed by atoms with van der Waals surface area (Å²) in [5, 5.41) is 18.3. The van der Waals surface area contributed by atoms with Gasteiger partial charge in [0.2, 0.25) is 0 Å². The van der Waals surface area contributed by atoms with Crippen molar-refractivity contribution in [3.63, 3.8) is 0 Å². The molecule has 0 fully saturated rings. The quantitative estimate of drug-likeness (QED) is 0.819. The summed E-state index contributed by atoms with van der Waals surface area (Å²) in [5.74, 6) is 1.45. The minimum Gasteiger partial charge on any atom is -0.491 e. The Morgan fingerprint density at radius 1 is 1.19 bits per heavy atom. The van der Waals surface area contributed by atoms with Crippen LogP contribution < -0.4 is 9.47 Å². The molecular weight excluding hydrogens is 267 g/mol. The SMILES string of the molecule is CC(C)Oc1cccc(OC2C=CC=C(B(O)O)C=C2)c1.[HH].[HH]. The molecule has 0 radical (unpaired) electrons. The van der Waals surface area contributed by atoms with Gasteiger partial charge in [0.1, 0.15) is 17.6 Å². The van der Waals surface area contributed by atoms with E-state index in [-0.39, 0.29) is 15.1 Å². The van der Waals surface area contributed by atoms with Gasteiger partial charge >= 0.3 is 7.12 Å². The molecule has 0 heterocycles. The first-order valence-corrected chi connectivity index (χ1v) is 6.90. The van der Waals surface area contributed by atoms with Crippen molar-refractivity contribution in [2.75, 3.05) is 0 Å². The second-order valence-corrected chi connectivity index (χ2v) is 5.01. The lowest BCUT2D eigenvalue weighted by Gasteiger charge is -2.14. The van der Waals surface area contributed by atoms with Crippen molar-refractivity contribution in [3.8, 4) is 11.5 Å². The molecule has 0 spiro atoms.